The molecule has 3 heteroatoms. The van der Waals surface area contributed by atoms with E-state index < -0.39 is 0 Å². The van der Waals surface area contributed by atoms with E-state index in [1.165, 1.54) is 25.7 Å². The Labute approximate surface area is 116 Å². The van der Waals surface area contributed by atoms with Crippen molar-refractivity contribution in [2.24, 2.45) is 5.92 Å². The Hall–Kier alpha value is -0.580. The summed E-state index contributed by atoms with van der Waals surface area (Å²) in [7, 11) is 0. The molecule has 1 fully saturated rings. The maximum Gasteiger partial charge on any atom is 0.251 e. The molecule has 2 rings (SSSR count). The molecule has 92 valence electrons. The summed E-state index contributed by atoms with van der Waals surface area (Å²) in [6.45, 7) is 0.814. The van der Waals surface area contributed by atoms with Crippen LogP contribution in [0, 0.1) is 9.49 Å². The number of amides is 1. The predicted octanol–water partition coefficient (Wildman–Crippen LogP) is 3.60. The standard InChI is InChI=1S/C14H18INO/c15-13-7-3-6-12(10-13)14(17)16-9-8-11-4-1-2-5-11/h3,6-7,10-11H,1-2,4-5,8-9H2,(H,16,17). The third-order valence-corrected chi connectivity index (χ3v) is 4.07. The number of benzene rings is 1. The molecule has 0 heterocycles. The lowest BCUT2D eigenvalue weighted by Crippen LogP contribution is -2.25. The van der Waals surface area contributed by atoms with Gasteiger partial charge in [0.15, 0.2) is 0 Å². The van der Waals surface area contributed by atoms with Gasteiger partial charge in [0.1, 0.15) is 0 Å². The lowest BCUT2D eigenvalue weighted by Gasteiger charge is -2.09. The average Bonchev–Trinajstić information content (AvgIpc) is 2.82. The molecule has 0 saturated heterocycles. The number of halogens is 1. The number of carbonyl (C=O) groups excluding carboxylic acids is 1. The third kappa shape index (κ3) is 3.98. The van der Waals surface area contributed by atoms with E-state index in [1.807, 2.05) is 24.3 Å². The molecule has 0 atom stereocenters. The molecule has 1 aromatic carbocycles. The molecular formula is C14H18INO. The van der Waals surface area contributed by atoms with Crippen LogP contribution in [-0.2, 0) is 0 Å². The van der Waals surface area contributed by atoms with Crippen molar-refractivity contribution >= 4 is 28.5 Å². The van der Waals surface area contributed by atoms with Gasteiger partial charge in [-0.05, 0) is 53.1 Å². The van der Waals surface area contributed by atoms with Crippen LogP contribution in [0.4, 0.5) is 0 Å². The summed E-state index contributed by atoms with van der Waals surface area (Å²) in [6, 6.07) is 7.71. The third-order valence-electron chi connectivity index (χ3n) is 3.40. The van der Waals surface area contributed by atoms with Crippen molar-refractivity contribution < 1.29 is 4.79 Å². The van der Waals surface area contributed by atoms with Crippen LogP contribution < -0.4 is 5.32 Å². The fourth-order valence-corrected chi connectivity index (χ4v) is 2.96. The van der Waals surface area contributed by atoms with E-state index in [2.05, 4.69) is 27.9 Å². The smallest absolute Gasteiger partial charge is 0.251 e. The molecule has 0 unspecified atom stereocenters. The summed E-state index contributed by atoms with van der Waals surface area (Å²) in [5.41, 5.74) is 0.767. The maximum absolute atomic E-state index is 11.9. The molecule has 0 spiro atoms. The molecule has 0 aromatic heterocycles. The lowest BCUT2D eigenvalue weighted by atomic mass is 10.0. The van der Waals surface area contributed by atoms with Crippen molar-refractivity contribution in [3.05, 3.63) is 33.4 Å². The molecule has 1 aliphatic carbocycles. The van der Waals surface area contributed by atoms with Gasteiger partial charge in [-0.25, -0.2) is 0 Å². The van der Waals surface area contributed by atoms with Gasteiger partial charge in [0, 0.05) is 15.7 Å². The predicted molar refractivity (Wildman–Crippen MR) is 78.1 cm³/mol. The molecule has 0 aliphatic heterocycles. The van der Waals surface area contributed by atoms with Crippen molar-refractivity contribution in [1.29, 1.82) is 0 Å². The second-order valence-corrected chi connectivity index (χ2v) is 5.95. The summed E-state index contributed by atoms with van der Waals surface area (Å²) >= 11 is 2.23. The van der Waals surface area contributed by atoms with Gasteiger partial charge in [-0.15, -0.1) is 0 Å². The van der Waals surface area contributed by atoms with E-state index in [0.717, 1.165) is 28.0 Å². The van der Waals surface area contributed by atoms with Crippen molar-refractivity contribution in [1.82, 2.24) is 5.32 Å². The summed E-state index contributed by atoms with van der Waals surface area (Å²) in [6.07, 6.45) is 6.57. The summed E-state index contributed by atoms with van der Waals surface area (Å²) in [5.74, 6) is 0.896. The highest BCUT2D eigenvalue weighted by atomic mass is 127. The van der Waals surface area contributed by atoms with Crippen LogP contribution in [0.2, 0.25) is 0 Å². The molecule has 1 amide bonds. The molecule has 1 aliphatic rings. The topological polar surface area (TPSA) is 29.1 Å². The Balaban J connectivity index is 1.77. The molecular weight excluding hydrogens is 325 g/mol. The van der Waals surface area contributed by atoms with E-state index in [4.69, 9.17) is 0 Å². The molecule has 17 heavy (non-hydrogen) atoms. The van der Waals surface area contributed by atoms with Crippen LogP contribution in [0.5, 0.6) is 0 Å². The van der Waals surface area contributed by atoms with Crippen molar-refractivity contribution in [3.8, 4) is 0 Å². The minimum atomic E-state index is 0.0570. The highest BCUT2D eigenvalue weighted by Crippen LogP contribution is 2.26. The first-order valence-corrected chi connectivity index (χ1v) is 7.37. The highest BCUT2D eigenvalue weighted by molar-refractivity contribution is 14.1. The van der Waals surface area contributed by atoms with Crippen LogP contribution in [0.3, 0.4) is 0 Å². The summed E-state index contributed by atoms with van der Waals surface area (Å²) < 4.78 is 1.10. The van der Waals surface area contributed by atoms with E-state index in [9.17, 15) is 4.79 Å². The molecule has 1 aromatic rings. The number of nitrogens with one attached hydrogen (secondary N) is 1. The Morgan fingerprint density at radius 1 is 1.35 bits per heavy atom. The fourth-order valence-electron chi connectivity index (χ4n) is 2.42. The SMILES string of the molecule is O=C(NCCC1CCCC1)c1cccc(I)c1. The summed E-state index contributed by atoms with van der Waals surface area (Å²) in [5, 5.41) is 3.01. The van der Waals surface area contributed by atoms with Gasteiger partial charge in [-0.2, -0.15) is 0 Å². The second-order valence-electron chi connectivity index (χ2n) is 4.71. The average molecular weight is 343 g/mol. The zero-order valence-corrected chi connectivity index (χ0v) is 12.1. The van der Waals surface area contributed by atoms with Crippen LogP contribution in [0.1, 0.15) is 42.5 Å². The molecule has 1 saturated carbocycles. The van der Waals surface area contributed by atoms with Gasteiger partial charge in [0.25, 0.3) is 5.91 Å². The minimum absolute atomic E-state index is 0.0570. The van der Waals surface area contributed by atoms with Gasteiger partial charge < -0.3 is 5.32 Å². The number of rotatable bonds is 4. The van der Waals surface area contributed by atoms with E-state index in [-0.39, 0.29) is 5.91 Å². The van der Waals surface area contributed by atoms with Gasteiger partial charge in [0.2, 0.25) is 0 Å². The lowest BCUT2D eigenvalue weighted by molar-refractivity contribution is 0.0951. The molecule has 1 N–H and O–H groups in total. The van der Waals surface area contributed by atoms with Gasteiger partial charge in [-0.1, -0.05) is 31.7 Å². The first kappa shape index (κ1) is 12.9. The highest BCUT2D eigenvalue weighted by Gasteiger charge is 2.14. The Morgan fingerprint density at radius 2 is 2.12 bits per heavy atom. The van der Waals surface area contributed by atoms with E-state index >= 15 is 0 Å². The van der Waals surface area contributed by atoms with Crippen molar-refractivity contribution in [3.63, 3.8) is 0 Å². The van der Waals surface area contributed by atoms with Crippen LogP contribution in [-0.4, -0.2) is 12.5 Å². The van der Waals surface area contributed by atoms with Crippen LogP contribution >= 0.6 is 22.6 Å². The van der Waals surface area contributed by atoms with Gasteiger partial charge in [0.05, 0.1) is 0 Å². The molecule has 0 radical (unpaired) electrons. The van der Waals surface area contributed by atoms with E-state index in [0.29, 0.717) is 0 Å². The molecule has 2 nitrogen and oxygen atoms in total. The van der Waals surface area contributed by atoms with Crippen LogP contribution in [0.25, 0.3) is 0 Å². The van der Waals surface area contributed by atoms with Crippen molar-refractivity contribution in [2.75, 3.05) is 6.54 Å². The van der Waals surface area contributed by atoms with Gasteiger partial charge in [-0.3, -0.25) is 4.79 Å². The normalized spacial score (nSPS) is 16.1. The minimum Gasteiger partial charge on any atom is -0.352 e. The largest absolute Gasteiger partial charge is 0.352 e. The van der Waals surface area contributed by atoms with Crippen LogP contribution in [0.15, 0.2) is 24.3 Å². The number of carbonyl (C=O) groups is 1. The zero-order valence-electron chi connectivity index (χ0n) is 9.92. The number of hydrogen-bond acceptors (Lipinski definition) is 1. The Kier molecular flexibility index (Phi) is 4.83. The zero-order chi connectivity index (χ0) is 12.1. The quantitative estimate of drug-likeness (QED) is 0.832. The van der Waals surface area contributed by atoms with Gasteiger partial charge >= 0.3 is 0 Å². The maximum atomic E-state index is 11.9. The van der Waals surface area contributed by atoms with Crippen molar-refractivity contribution in [2.45, 2.75) is 32.1 Å². The van der Waals surface area contributed by atoms with E-state index in [1.54, 1.807) is 0 Å². The monoisotopic (exact) mass is 343 g/mol. The Bertz CT molecular complexity index is 386. The Morgan fingerprint density at radius 3 is 2.82 bits per heavy atom. The fraction of sp³-hybridized carbons (Fsp3) is 0.500. The number of hydrogen-bond donors (Lipinski definition) is 1. The second kappa shape index (κ2) is 6.38. The first-order valence-electron chi connectivity index (χ1n) is 6.29. The first-order chi connectivity index (χ1) is 8.25. The molecule has 0 bridgehead atoms. The summed E-state index contributed by atoms with van der Waals surface area (Å²) in [4.78, 5) is 11.9.